The van der Waals surface area contributed by atoms with Gasteiger partial charge in [0, 0.05) is 28.4 Å². The van der Waals surface area contributed by atoms with Crippen LogP contribution in [0.1, 0.15) is 25.7 Å². The quantitative estimate of drug-likeness (QED) is 0.785. The van der Waals surface area contributed by atoms with Gasteiger partial charge in [0.05, 0.1) is 12.6 Å². The molecule has 24 heavy (non-hydrogen) atoms. The summed E-state index contributed by atoms with van der Waals surface area (Å²) in [5.41, 5.74) is 2.43. The summed E-state index contributed by atoms with van der Waals surface area (Å²) < 4.78 is 2.28. The number of fused-ring (bicyclic) bond motifs is 3. The zero-order valence-corrected chi connectivity index (χ0v) is 14.2. The Balaban J connectivity index is 1.60. The maximum Gasteiger partial charge on any atom is 0.0845 e. The Morgan fingerprint density at radius 1 is 0.750 bits per heavy atom. The molecule has 1 fully saturated rings. The van der Waals surface area contributed by atoms with Gasteiger partial charge in [-0.1, -0.05) is 49.2 Å². The van der Waals surface area contributed by atoms with Crippen LogP contribution >= 0.6 is 0 Å². The lowest BCUT2D eigenvalue weighted by atomic mass is 10.2. The topological polar surface area (TPSA) is 28.4 Å². The van der Waals surface area contributed by atoms with Gasteiger partial charge in [-0.25, -0.2) is 0 Å². The number of hydrogen-bond acceptors (Lipinski definition) is 2. The molecule has 1 saturated heterocycles. The van der Waals surface area contributed by atoms with E-state index in [-0.39, 0.29) is 6.10 Å². The summed E-state index contributed by atoms with van der Waals surface area (Å²) >= 11 is 0. The second kappa shape index (κ2) is 6.96. The van der Waals surface area contributed by atoms with Crippen molar-refractivity contribution < 1.29 is 5.11 Å². The van der Waals surface area contributed by atoms with Gasteiger partial charge in [-0.3, -0.25) is 0 Å². The molecule has 3 heteroatoms. The van der Waals surface area contributed by atoms with Crippen LogP contribution in [0.4, 0.5) is 0 Å². The van der Waals surface area contributed by atoms with Crippen LogP contribution in [0.25, 0.3) is 21.8 Å². The zero-order chi connectivity index (χ0) is 16.4. The van der Waals surface area contributed by atoms with Crippen LogP contribution in [0.2, 0.25) is 0 Å². The third kappa shape index (κ3) is 3.06. The molecule has 1 aliphatic heterocycles. The molecular formula is C21H26N2O. The maximum absolute atomic E-state index is 10.7. The van der Waals surface area contributed by atoms with E-state index in [9.17, 15) is 5.11 Å². The van der Waals surface area contributed by atoms with Crippen molar-refractivity contribution in [3.63, 3.8) is 0 Å². The summed E-state index contributed by atoms with van der Waals surface area (Å²) in [6.45, 7) is 3.69. The molecule has 3 aromatic rings. The number of hydrogen-bond donors (Lipinski definition) is 1. The average molecular weight is 322 g/mol. The van der Waals surface area contributed by atoms with Crippen molar-refractivity contribution >= 4 is 21.8 Å². The molecule has 0 radical (unpaired) electrons. The van der Waals surface area contributed by atoms with Gasteiger partial charge in [0.25, 0.3) is 0 Å². The molecule has 0 unspecified atom stereocenters. The van der Waals surface area contributed by atoms with Crippen molar-refractivity contribution in [3.05, 3.63) is 48.5 Å². The summed E-state index contributed by atoms with van der Waals surface area (Å²) in [7, 11) is 0. The fourth-order valence-electron chi connectivity index (χ4n) is 4.09. The summed E-state index contributed by atoms with van der Waals surface area (Å²) in [6, 6.07) is 17.0. The Labute approximate surface area is 143 Å². The maximum atomic E-state index is 10.7. The number of benzene rings is 2. The SMILES string of the molecule is O[C@@H](CN1CCCCCC1)Cn1c2ccccc2c2ccccc21. The minimum Gasteiger partial charge on any atom is -0.390 e. The summed E-state index contributed by atoms with van der Waals surface area (Å²) in [6.07, 6.45) is 4.87. The van der Waals surface area contributed by atoms with Crippen molar-refractivity contribution in [1.29, 1.82) is 0 Å². The lowest BCUT2D eigenvalue weighted by molar-refractivity contribution is 0.102. The van der Waals surface area contributed by atoms with E-state index < -0.39 is 0 Å². The predicted molar refractivity (Wildman–Crippen MR) is 100 cm³/mol. The minimum absolute atomic E-state index is 0.331. The Hall–Kier alpha value is -1.84. The standard InChI is InChI=1S/C21H26N2O/c24-17(15-22-13-7-1-2-8-14-22)16-23-20-11-5-3-9-18(20)19-10-4-6-12-21(19)23/h3-6,9-12,17,24H,1-2,7-8,13-16H2/t17-/m0/s1. The lowest BCUT2D eigenvalue weighted by Crippen LogP contribution is -2.35. The Morgan fingerprint density at radius 2 is 1.29 bits per heavy atom. The average Bonchev–Trinajstić information content (AvgIpc) is 2.76. The van der Waals surface area contributed by atoms with Gasteiger partial charge in [-0.05, 0) is 38.1 Å². The third-order valence-corrected chi connectivity index (χ3v) is 5.24. The number of rotatable bonds is 4. The van der Waals surface area contributed by atoms with E-state index in [0.29, 0.717) is 6.54 Å². The first kappa shape index (κ1) is 15.7. The first-order valence-corrected chi connectivity index (χ1v) is 9.19. The second-order valence-corrected chi connectivity index (χ2v) is 7.01. The van der Waals surface area contributed by atoms with Gasteiger partial charge in [0.15, 0.2) is 0 Å². The molecule has 1 aromatic heterocycles. The number of para-hydroxylation sites is 2. The highest BCUT2D eigenvalue weighted by Crippen LogP contribution is 2.28. The molecule has 0 spiro atoms. The molecule has 1 atom stereocenters. The number of aliphatic hydroxyl groups excluding tert-OH is 1. The first-order chi connectivity index (χ1) is 11.8. The minimum atomic E-state index is -0.331. The molecule has 0 bridgehead atoms. The summed E-state index contributed by atoms with van der Waals surface area (Å²) in [4.78, 5) is 2.44. The second-order valence-electron chi connectivity index (χ2n) is 7.01. The number of aromatic nitrogens is 1. The van der Waals surface area contributed by atoms with Crippen LogP contribution in [-0.4, -0.2) is 40.3 Å². The highest BCUT2D eigenvalue weighted by molar-refractivity contribution is 6.07. The van der Waals surface area contributed by atoms with Gasteiger partial charge < -0.3 is 14.6 Å². The smallest absolute Gasteiger partial charge is 0.0845 e. The van der Waals surface area contributed by atoms with E-state index in [1.54, 1.807) is 0 Å². The van der Waals surface area contributed by atoms with Crippen molar-refractivity contribution in [2.75, 3.05) is 19.6 Å². The lowest BCUT2D eigenvalue weighted by Gasteiger charge is -2.24. The van der Waals surface area contributed by atoms with Crippen LogP contribution in [0, 0.1) is 0 Å². The Kier molecular flexibility index (Phi) is 4.54. The zero-order valence-electron chi connectivity index (χ0n) is 14.2. The van der Waals surface area contributed by atoms with Crippen molar-refractivity contribution in [1.82, 2.24) is 9.47 Å². The van der Waals surface area contributed by atoms with Gasteiger partial charge in [0.2, 0.25) is 0 Å². The molecule has 126 valence electrons. The normalized spacial score (nSPS) is 18.0. The van der Waals surface area contributed by atoms with E-state index in [4.69, 9.17) is 0 Å². The molecule has 0 aliphatic carbocycles. The van der Waals surface area contributed by atoms with E-state index in [0.717, 1.165) is 19.6 Å². The fraction of sp³-hybridized carbons (Fsp3) is 0.429. The molecule has 0 amide bonds. The first-order valence-electron chi connectivity index (χ1n) is 9.19. The molecule has 4 rings (SSSR count). The van der Waals surface area contributed by atoms with Gasteiger partial charge in [-0.15, -0.1) is 0 Å². The van der Waals surface area contributed by atoms with Gasteiger partial charge in [-0.2, -0.15) is 0 Å². The molecule has 2 heterocycles. The Bertz CT molecular complexity index is 762. The number of nitrogens with zero attached hydrogens (tertiary/aromatic N) is 2. The Morgan fingerprint density at radius 3 is 1.88 bits per heavy atom. The van der Waals surface area contributed by atoms with Crippen LogP contribution in [0.3, 0.4) is 0 Å². The van der Waals surface area contributed by atoms with Crippen LogP contribution < -0.4 is 0 Å². The number of likely N-dealkylation sites (tertiary alicyclic amines) is 1. The van der Waals surface area contributed by atoms with Gasteiger partial charge >= 0.3 is 0 Å². The molecule has 1 aliphatic rings. The van der Waals surface area contributed by atoms with Crippen LogP contribution in [0.5, 0.6) is 0 Å². The number of aliphatic hydroxyl groups is 1. The van der Waals surface area contributed by atoms with Crippen LogP contribution in [0.15, 0.2) is 48.5 Å². The molecule has 3 nitrogen and oxygen atoms in total. The highest BCUT2D eigenvalue weighted by atomic mass is 16.3. The highest BCUT2D eigenvalue weighted by Gasteiger charge is 2.17. The molecular weight excluding hydrogens is 296 g/mol. The largest absolute Gasteiger partial charge is 0.390 e. The van der Waals surface area contributed by atoms with E-state index in [2.05, 4.69) is 58.0 Å². The fourth-order valence-corrected chi connectivity index (χ4v) is 4.09. The van der Waals surface area contributed by atoms with Crippen molar-refractivity contribution in [3.8, 4) is 0 Å². The predicted octanol–water partition coefficient (Wildman–Crippen LogP) is 4.03. The third-order valence-electron chi connectivity index (χ3n) is 5.24. The molecule has 2 aromatic carbocycles. The van der Waals surface area contributed by atoms with E-state index >= 15 is 0 Å². The monoisotopic (exact) mass is 322 g/mol. The van der Waals surface area contributed by atoms with Crippen LogP contribution in [-0.2, 0) is 6.54 Å². The molecule has 1 N–H and O–H groups in total. The molecule has 0 saturated carbocycles. The summed E-state index contributed by atoms with van der Waals surface area (Å²) in [5.74, 6) is 0. The van der Waals surface area contributed by atoms with Gasteiger partial charge in [0.1, 0.15) is 0 Å². The van der Waals surface area contributed by atoms with Crippen molar-refractivity contribution in [2.24, 2.45) is 0 Å². The van der Waals surface area contributed by atoms with E-state index in [1.165, 1.54) is 47.5 Å². The summed E-state index contributed by atoms with van der Waals surface area (Å²) in [5, 5.41) is 13.3. The van der Waals surface area contributed by atoms with Crippen molar-refractivity contribution in [2.45, 2.75) is 38.3 Å². The number of β-amino-alcohol motifs (C(OH)–C–C–N with tert-alkyl or cyclic N) is 1. The van der Waals surface area contributed by atoms with E-state index in [1.807, 2.05) is 0 Å².